The first-order valence-electron chi connectivity index (χ1n) is 7.03. The molecule has 130 valence electrons. The van der Waals surface area contributed by atoms with Gasteiger partial charge in [-0.3, -0.25) is 19.7 Å². The van der Waals surface area contributed by atoms with Gasteiger partial charge in [-0.1, -0.05) is 35.3 Å². The van der Waals surface area contributed by atoms with E-state index in [0.717, 1.165) is 11.0 Å². The van der Waals surface area contributed by atoms with Crippen LogP contribution in [0.5, 0.6) is 0 Å². The summed E-state index contributed by atoms with van der Waals surface area (Å²) in [6, 6.07) is 10.1. The normalized spacial score (nSPS) is 10.2. The lowest BCUT2D eigenvalue weighted by atomic mass is 10.2. The van der Waals surface area contributed by atoms with Crippen molar-refractivity contribution < 1.29 is 14.5 Å². The van der Waals surface area contributed by atoms with Crippen LogP contribution in [0.1, 0.15) is 10.4 Å². The Morgan fingerprint density at radius 2 is 1.76 bits per heavy atom. The summed E-state index contributed by atoms with van der Waals surface area (Å²) in [4.78, 5) is 35.7. The van der Waals surface area contributed by atoms with Crippen molar-refractivity contribution in [3.63, 3.8) is 0 Å². The number of hydrogen-bond donors (Lipinski definition) is 1. The Bertz CT molecular complexity index is 822. The zero-order valence-electron chi connectivity index (χ0n) is 13.0. The predicted octanol–water partition coefficient (Wildman–Crippen LogP) is 3.61. The lowest BCUT2D eigenvalue weighted by molar-refractivity contribution is -0.384. The minimum atomic E-state index is -0.594. The maximum absolute atomic E-state index is 12.3. The Balaban J connectivity index is 2.07. The van der Waals surface area contributed by atoms with Crippen LogP contribution in [0.2, 0.25) is 10.0 Å². The van der Waals surface area contributed by atoms with Gasteiger partial charge in [0.15, 0.2) is 0 Å². The van der Waals surface area contributed by atoms with Crippen molar-refractivity contribution in [3.8, 4) is 0 Å². The first-order chi connectivity index (χ1) is 11.8. The molecule has 0 aliphatic rings. The molecule has 0 radical (unpaired) electrons. The number of carbonyl (C=O) groups excluding carboxylic acids is 2. The van der Waals surface area contributed by atoms with Crippen LogP contribution in [0.25, 0.3) is 0 Å². The molecule has 7 nitrogen and oxygen atoms in total. The van der Waals surface area contributed by atoms with Gasteiger partial charge in [0.05, 0.1) is 27.2 Å². The van der Waals surface area contributed by atoms with Crippen molar-refractivity contribution in [1.82, 2.24) is 4.90 Å². The number of amides is 2. The molecule has 0 aromatic heterocycles. The number of para-hydroxylation sites is 1. The molecule has 1 N–H and O–H groups in total. The van der Waals surface area contributed by atoms with Crippen molar-refractivity contribution in [2.75, 3.05) is 18.9 Å². The predicted molar refractivity (Wildman–Crippen MR) is 95.1 cm³/mol. The maximum Gasteiger partial charge on any atom is 0.270 e. The third-order valence-corrected chi connectivity index (χ3v) is 3.89. The van der Waals surface area contributed by atoms with Crippen LogP contribution in [0.15, 0.2) is 42.5 Å². The van der Waals surface area contributed by atoms with Crippen LogP contribution >= 0.6 is 23.2 Å². The SMILES string of the molecule is CN(CC(=O)Nc1c(Cl)cccc1Cl)C(=O)c1cccc([N+](=O)[O-])c1. The van der Waals surface area contributed by atoms with Gasteiger partial charge >= 0.3 is 0 Å². The summed E-state index contributed by atoms with van der Waals surface area (Å²) in [6.45, 7) is -0.275. The second-order valence-electron chi connectivity index (χ2n) is 5.11. The number of anilines is 1. The Labute approximate surface area is 153 Å². The van der Waals surface area contributed by atoms with Crippen LogP contribution in [0.4, 0.5) is 11.4 Å². The highest BCUT2D eigenvalue weighted by molar-refractivity contribution is 6.39. The zero-order chi connectivity index (χ0) is 18.6. The summed E-state index contributed by atoms with van der Waals surface area (Å²) >= 11 is 11.9. The van der Waals surface area contributed by atoms with Gasteiger partial charge in [-0.25, -0.2) is 0 Å². The lowest BCUT2D eigenvalue weighted by Gasteiger charge is -2.17. The number of halogens is 2. The fourth-order valence-corrected chi connectivity index (χ4v) is 2.55. The largest absolute Gasteiger partial charge is 0.332 e. The van der Waals surface area contributed by atoms with Crippen molar-refractivity contribution in [2.45, 2.75) is 0 Å². The Morgan fingerprint density at radius 1 is 1.16 bits per heavy atom. The molecule has 2 amide bonds. The highest BCUT2D eigenvalue weighted by Crippen LogP contribution is 2.29. The van der Waals surface area contributed by atoms with E-state index < -0.39 is 16.7 Å². The molecule has 0 unspecified atom stereocenters. The molecule has 0 heterocycles. The molecule has 0 atom stereocenters. The summed E-state index contributed by atoms with van der Waals surface area (Å²) in [5.74, 6) is -1.03. The van der Waals surface area contributed by atoms with Crippen LogP contribution in [0.3, 0.4) is 0 Å². The van der Waals surface area contributed by atoms with E-state index in [4.69, 9.17) is 23.2 Å². The van der Waals surface area contributed by atoms with E-state index in [1.807, 2.05) is 0 Å². The average molecular weight is 382 g/mol. The number of carbonyl (C=O) groups is 2. The Hall–Kier alpha value is -2.64. The molecule has 0 fully saturated rings. The maximum atomic E-state index is 12.3. The van der Waals surface area contributed by atoms with E-state index in [2.05, 4.69) is 5.32 Å². The summed E-state index contributed by atoms with van der Waals surface area (Å²) in [5, 5.41) is 13.9. The van der Waals surface area contributed by atoms with Gasteiger partial charge in [-0.15, -0.1) is 0 Å². The number of rotatable bonds is 5. The highest BCUT2D eigenvalue weighted by Gasteiger charge is 2.18. The third-order valence-electron chi connectivity index (χ3n) is 3.26. The Kier molecular flexibility index (Phi) is 5.95. The number of nitrogens with zero attached hydrogens (tertiary/aromatic N) is 2. The average Bonchev–Trinajstić information content (AvgIpc) is 2.57. The molecule has 0 aliphatic carbocycles. The highest BCUT2D eigenvalue weighted by atomic mass is 35.5. The smallest absolute Gasteiger partial charge is 0.270 e. The van der Waals surface area contributed by atoms with Crippen LogP contribution in [-0.4, -0.2) is 35.2 Å². The molecule has 0 bridgehead atoms. The molecule has 25 heavy (non-hydrogen) atoms. The number of nitrogens with one attached hydrogen (secondary N) is 1. The number of nitro benzene ring substituents is 1. The molecule has 0 spiro atoms. The standard InChI is InChI=1S/C16H13Cl2N3O4/c1-20(16(23)10-4-2-5-11(8-10)21(24)25)9-14(22)19-15-12(17)6-3-7-13(15)18/h2-8H,9H2,1H3,(H,19,22). The van der Waals surface area contributed by atoms with E-state index in [0.29, 0.717) is 0 Å². The van der Waals surface area contributed by atoms with Crippen LogP contribution in [-0.2, 0) is 4.79 Å². The number of likely N-dealkylation sites (N-methyl/N-ethyl adjacent to an activating group) is 1. The number of nitro groups is 1. The first-order valence-corrected chi connectivity index (χ1v) is 7.79. The summed E-state index contributed by atoms with van der Waals surface area (Å²) in [5.41, 5.74) is 0.166. The zero-order valence-corrected chi connectivity index (χ0v) is 14.5. The molecule has 0 saturated heterocycles. The molecule has 2 rings (SSSR count). The Morgan fingerprint density at radius 3 is 2.36 bits per heavy atom. The molecule has 2 aromatic carbocycles. The molecule has 9 heteroatoms. The van der Waals surface area contributed by atoms with Gasteiger partial charge in [0.25, 0.3) is 11.6 Å². The molecular formula is C16H13Cl2N3O4. The van der Waals surface area contributed by atoms with E-state index in [9.17, 15) is 19.7 Å². The van der Waals surface area contributed by atoms with Crippen molar-refractivity contribution in [2.24, 2.45) is 0 Å². The molecule has 0 aliphatic heterocycles. The van der Waals surface area contributed by atoms with Crippen molar-refractivity contribution in [3.05, 3.63) is 68.2 Å². The van der Waals surface area contributed by atoms with Gasteiger partial charge in [-0.05, 0) is 18.2 Å². The minimum absolute atomic E-state index is 0.111. The summed E-state index contributed by atoms with van der Waals surface area (Å²) in [7, 11) is 1.41. The van der Waals surface area contributed by atoms with Gasteiger partial charge in [-0.2, -0.15) is 0 Å². The van der Waals surface area contributed by atoms with E-state index >= 15 is 0 Å². The quantitative estimate of drug-likeness (QED) is 0.632. The van der Waals surface area contributed by atoms with E-state index in [1.165, 1.54) is 25.2 Å². The van der Waals surface area contributed by atoms with Gasteiger partial charge in [0.2, 0.25) is 5.91 Å². The number of hydrogen-bond acceptors (Lipinski definition) is 4. The number of non-ortho nitro benzene ring substituents is 1. The molecule has 0 saturated carbocycles. The number of benzene rings is 2. The summed E-state index contributed by atoms with van der Waals surface area (Å²) in [6.07, 6.45) is 0. The van der Waals surface area contributed by atoms with Crippen LogP contribution < -0.4 is 5.32 Å². The second kappa shape index (κ2) is 7.96. The molecule has 2 aromatic rings. The van der Waals surface area contributed by atoms with Gasteiger partial charge in [0, 0.05) is 24.7 Å². The monoisotopic (exact) mass is 381 g/mol. The second-order valence-corrected chi connectivity index (χ2v) is 5.93. The van der Waals surface area contributed by atoms with E-state index in [-0.39, 0.29) is 33.5 Å². The third kappa shape index (κ3) is 4.68. The minimum Gasteiger partial charge on any atom is -0.332 e. The fraction of sp³-hybridized carbons (Fsp3) is 0.125. The van der Waals surface area contributed by atoms with Gasteiger partial charge < -0.3 is 10.2 Å². The summed E-state index contributed by atoms with van der Waals surface area (Å²) < 4.78 is 0. The van der Waals surface area contributed by atoms with Crippen molar-refractivity contribution >= 4 is 46.4 Å². The first kappa shape index (κ1) is 18.7. The lowest BCUT2D eigenvalue weighted by Crippen LogP contribution is -2.35. The topological polar surface area (TPSA) is 92.6 Å². The van der Waals surface area contributed by atoms with Crippen molar-refractivity contribution in [1.29, 1.82) is 0 Å². The van der Waals surface area contributed by atoms with Crippen LogP contribution in [0, 0.1) is 10.1 Å². The molecular weight excluding hydrogens is 369 g/mol. The van der Waals surface area contributed by atoms with Gasteiger partial charge in [0.1, 0.15) is 0 Å². The van der Waals surface area contributed by atoms with E-state index in [1.54, 1.807) is 18.2 Å². The fourth-order valence-electron chi connectivity index (χ4n) is 2.06.